The Morgan fingerprint density at radius 2 is 1.78 bits per heavy atom. The zero-order valence-corrected chi connectivity index (χ0v) is 15.3. The molecule has 0 spiro atoms. The molecule has 0 aliphatic rings. The van der Waals surface area contributed by atoms with E-state index in [-0.39, 0.29) is 11.3 Å². The molecule has 0 aliphatic carbocycles. The predicted octanol–water partition coefficient (Wildman–Crippen LogP) is 2.35. The third-order valence-electron chi connectivity index (χ3n) is 4.27. The molecule has 0 fully saturated rings. The highest BCUT2D eigenvalue weighted by molar-refractivity contribution is 6.03. The van der Waals surface area contributed by atoms with Crippen LogP contribution in [0.15, 0.2) is 47.3 Å². The predicted molar refractivity (Wildman–Crippen MR) is 102 cm³/mol. The van der Waals surface area contributed by atoms with Crippen LogP contribution >= 0.6 is 0 Å². The summed E-state index contributed by atoms with van der Waals surface area (Å²) in [6.45, 7) is 3.47. The summed E-state index contributed by atoms with van der Waals surface area (Å²) >= 11 is 0. The van der Waals surface area contributed by atoms with Gasteiger partial charge < -0.3 is 10.1 Å². The number of aromatic nitrogens is 2. The van der Waals surface area contributed by atoms with E-state index < -0.39 is 18.5 Å². The first-order valence-electron chi connectivity index (χ1n) is 8.37. The summed E-state index contributed by atoms with van der Waals surface area (Å²) in [5.41, 5.74) is 2.48. The first kappa shape index (κ1) is 18.3. The number of anilines is 1. The molecule has 1 amide bonds. The van der Waals surface area contributed by atoms with E-state index >= 15 is 0 Å². The Hall–Kier alpha value is -3.48. The van der Waals surface area contributed by atoms with Crippen LogP contribution < -0.4 is 10.9 Å². The minimum atomic E-state index is -0.767. The third-order valence-corrected chi connectivity index (χ3v) is 4.27. The Balaban J connectivity index is 1.73. The van der Waals surface area contributed by atoms with Gasteiger partial charge in [0, 0.05) is 18.1 Å². The molecule has 138 valence electrons. The number of fused-ring (bicyclic) bond motifs is 1. The Kier molecular flexibility index (Phi) is 5.03. The molecule has 1 heterocycles. The lowest BCUT2D eigenvalue weighted by molar-refractivity contribution is -0.119. The zero-order chi connectivity index (χ0) is 19.6. The number of benzene rings is 2. The number of esters is 1. The average molecular weight is 365 g/mol. The van der Waals surface area contributed by atoms with E-state index in [2.05, 4.69) is 10.4 Å². The molecule has 3 aromatic rings. The largest absolute Gasteiger partial charge is 0.451 e. The minimum Gasteiger partial charge on any atom is -0.451 e. The highest BCUT2D eigenvalue weighted by atomic mass is 16.5. The van der Waals surface area contributed by atoms with Crippen LogP contribution in [0.4, 0.5) is 5.69 Å². The second kappa shape index (κ2) is 7.41. The molecule has 0 saturated heterocycles. The van der Waals surface area contributed by atoms with Crippen LogP contribution in [0.25, 0.3) is 10.8 Å². The third kappa shape index (κ3) is 3.87. The fourth-order valence-electron chi connectivity index (χ4n) is 2.67. The Bertz CT molecular complexity index is 1100. The van der Waals surface area contributed by atoms with Crippen molar-refractivity contribution >= 4 is 28.3 Å². The molecule has 0 saturated carbocycles. The zero-order valence-electron chi connectivity index (χ0n) is 15.3. The van der Waals surface area contributed by atoms with Gasteiger partial charge in [0.05, 0.1) is 5.39 Å². The van der Waals surface area contributed by atoms with Gasteiger partial charge in [0.1, 0.15) is 0 Å². The fraction of sp³-hybridized carbons (Fsp3) is 0.200. The van der Waals surface area contributed by atoms with Crippen LogP contribution in [0.2, 0.25) is 0 Å². The van der Waals surface area contributed by atoms with Crippen LogP contribution in [0.3, 0.4) is 0 Å². The van der Waals surface area contributed by atoms with Crippen LogP contribution in [0.5, 0.6) is 0 Å². The minimum absolute atomic E-state index is 0.00770. The van der Waals surface area contributed by atoms with Crippen molar-refractivity contribution in [3.63, 3.8) is 0 Å². The summed E-state index contributed by atoms with van der Waals surface area (Å²) < 4.78 is 6.17. The highest BCUT2D eigenvalue weighted by Crippen LogP contribution is 2.15. The number of rotatable bonds is 4. The number of ether oxygens (including phenoxy) is 1. The molecule has 7 nitrogen and oxygen atoms in total. The van der Waals surface area contributed by atoms with Crippen molar-refractivity contribution in [3.05, 3.63) is 69.6 Å². The van der Waals surface area contributed by atoms with Crippen molar-refractivity contribution in [3.8, 4) is 0 Å². The quantitative estimate of drug-likeness (QED) is 0.717. The Labute approximate surface area is 155 Å². The molecule has 7 heteroatoms. The van der Waals surface area contributed by atoms with Crippen molar-refractivity contribution in [2.75, 3.05) is 11.9 Å². The monoisotopic (exact) mass is 365 g/mol. The van der Waals surface area contributed by atoms with Crippen molar-refractivity contribution in [2.24, 2.45) is 7.05 Å². The summed E-state index contributed by atoms with van der Waals surface area (Å²) in [4.78, 5) is 36.6. The molecule has 0 unspecified atom stereocenters. The number of amides is 1. The van der Waals surface area contributed by atoms with E-state index in [0.29, 0.717) is 16.5 Å². The molecular formula is C20H19N3O4. The maximum absolute atomic E-state index is 12.4. The normalized spacial score (nSPS) is 10.6. The van der Waals surface area contributed by atoms with Gasteiger partial charge in [-0.25, -0.2) is 9.48 Å². The number of hydrogen-bond acceptors (Lipinski definition) is 5. The van der Waals surface area contributed by atoms with Crippen molar-refractivity contribution in [1.29, 1.82) is 0 Å². The van der Waals surface area contributed by atoms with Gasteiger partial charge in [0.2, 0.25) is 0 Å². The van der Waals surface area contributed by atoms with Crippen molar-refractivity contribution in [1.82, 2.24) is 9.78 Å². The number of nitrogens with one attached hydrogen (secondary N) is 1. The molecule has 27 heavy (non-hydrogen) atoms. The van der Waals surface area contributed by atoms with Gasteiger partial charge in [-0.15, -0.1) is 0 Å². The number of carbonyl (C=O) groups excluding carboxylic acids is 2. The standard InChI is InChI=1S/C20H19N3O4/c1-12-8-9-14(10-13(12)2)21-17(24)11-27-20(26)18-15-6-4-5-7-16(15)19(25)23(3)22-18/h4-10H,11H2,1-3H3,(H,21,24). The van der Waals surface area contributed by atoms with E-state index in [1.165, 1.54) is 7.05 Å². The summed E-state index contributed by atoms with van der Waals surface area (Å²) in [5, 5.41) is 7.42. The van der Waals surface area contributed by atoms with Crippen LogP contribution in [0.1, 0.15) is 21.6 Å². The topological polar surface area (TPSA) is 90.3 Å². The summed E-state index contributed by atoms with van der Waals surface area (Å²) in [7, 11) is 1.46. The van der Waals surface area contributed by atoms with Crippen LogP contribution in [-0.4, -0.2) is 28.3 Å². The Morgan fingerprint density at radius 3 is 2.48 bits per heavy atom. The summed E-state index contributed by atoms with van der Waals surface area (Å²) in [5.74, 6) is -1.22. The van der Waals surface area contributed by atoms with E-state index in [4.69, 9.17) is 4.74 Å². The van der Waals surface area contributed by atoms with Crippen LogP contribution in [-0.2, 0) is 16.6 Å². The first-order chi connectivity index (χ1) is 12.9. The van der Waals surface area contributed by atoms with Gasteiger partial charge in [-0.05, 0) is 43.2 Å². The average Bonchev–Trinajstić information content (AvgIpc) is 2.66. The first-order valence-corrected chi connectivity index (χ1v) is 8.37. The molecular weight excluding hydrogens is 346 g/mol. The smallest absolute Gasteiger partial charge is 0.359 e. The molecule has 0 aliphatic heterocycles. The molecule has 1 N–H and O–H groups in total. The SMILES string of the molecule is Cc1ccc(NC(=O)COC(=O)c2nn(C)c(=O)c3ccccc23)cc1C. The highest BCUT2D eigenvalue weighted by Gasteiger charge is 2.18. The van der Waals surface area contributed by atoms with E-state index in [0.717, 1.165) is 15.8 Å². The Morgan fingerprint density at radius 1 is 1.07 bits per heavy atom. The van der Waals surface area contributed by atoms with Gasteiger partial charge in [0.15, 0.2) is 12.3 Å². The van der Waals surface area contributed by atoms with E-state index in [9.17, 15) is 14.4 Å². The van der Waals surface area contributed by atoms with Crippen molar-refractivity contribution in [2.45, 2.75) is 13.8 Å². The number of hydrogen-bond donors (Lipinski definition) is 1. The van der Waals surface area contributed by atoms with E-state index in [1.54, 1.807) is 30.3 Å². The molecule has 0 bridgehead atoms. The number of carbonyl (C=O) groups is 2. The number of nitrogens with zero attached hydrogens (tertiary/aromatic N) is 2. The van der Waals surface area contributed by atoms with Crippen molar-refractivity contribution < 1.29 is 14.3 Å². The summed E-state index contributed by atoms with van der Waals surface area (Å²) in [6, 6.07) is 12.2. The lowest BCUT2D eigenvalue weighted by atomic mass is 10.1. The second-order valence-electron chi connectivity index (χ2n) is 6.25. The van der Waals surface area contributed by atoms with Gasteiger partial charge in [-0.2, -0.15) is 5.10 Å². The lowest BCUT2D eigenvalue weighted by Crippen LogP contribution is -2.26. The van der Waals surface area contributed by atoms with E-state index in [1.807, 2.05) is 26.0 Å². The van der Waals surface area contributed by atoms with Crippen LogP contribution in [0, 0.1) is 13.8 Å². The number of aryl methyl sites for hydroxylation is 3. The van der Waals surface area contributed by atoms with Gasteiger partial charge in [-0.3, -0.25) is 9.59 Å². The molecule has 0 radical (unpaired) electrons. The second-order valence-corrected chi connectivity index (χ2v) is 6.25. The van der Waals surface area contributed by atoms with Gasteiger partial charge in [0.25, 0.3) is 11.5 Å². The molecule has 2 aromatic carbocycles. The maximum atomic E-state index is 12.4. The lowest BCUT2D eigenvalue weighted by Gasteiger charge is -2.10. The fourth-order valence-corrected chi connectivity index (χ4v) is 2.67. The molecule has 3 rings (SSSR count). The van der Waals surface area contributed by atoms with Gasteiger partial charge >= 0.3 is 5.97 Å². The summed E-state index contributed by atoms with van der Waals surface area (Å²) in [6.07, 6.45) is 0. The maximum Gasteiger partial charge on any atom is 0.359 e. The van der Waals surface area contributed by atoms with Gasteiger partial charge in [-0.1, -0.05) is 24.3 Å². The molecule has 1 aromatic heterocycles. The molecule has 0 atom stereocenters.